The lowest BCUT2D eigenvalue weighted by Crippen LogP contribution is -2.53. The quantitative estimate of drug-likeness (QED) is 0.593. The van der Waals surface area contributed by atoms with Crippen LogP contribution >= 0.6 is 23.4 Å². The van der Waals surface area contributed by atoms with E-state index in [9.17, 15) is 9.59 Å². The second kappa shape index (κ2) is 11.4. The van der Waals surface area contributed by atoms with Gasteiger partial charge in [-0.3, -0.25) is 9.59 Å². The van der Waals surface area contributed by atoms with Gasteiger partial charge in [0.2, 0.25) is 11.8 Å². The van der Waals surface area contributed by atoms with Crippen molar-refractivity contribution in [3.63, 3.8) is 0 Å². The molecule has 6 heteroatoms. The molecule has 0 radical (unpaired) electrons. The maximum absolute atomic E-state index is 13.0. The number of benzene rings is 2. The van der Waals surface area contributed by atoms with Gasteiger partial charge in [-0.05, 0) is 57.4 Å². The Morgan fingerprint density at radius 1 is 1.07 bits per heavy atom. The second-order valence-corrected chi connectivity index (χ2v) is 9.78. The number of nitrogens with zero attached hydrogens (tertiary/aromatic N) is 1. The lowest BCUT2D eigenvalue weighted by molar-refractivity contribution is -0.138. The van der Waals surface area contributed by atoms with Crippen LogP contribution in [0.1, 0.15) is 38.8 Å². The molecule has 1 atom stereocenters. The molecular formula is C24H31ClN2O2S. The summed E-state index contributed by atoms with van der Waals surface area (Å²) >= 11 is 7.57. The fourth-order valence-corrected chi connectivity index (χ4v) is 4.08. The summed E-state index contributed by atoms with van der Waals surface area (Å²) in [5, 5.41) is 3.68. The van der Waals surface area contributed by atoms with E-state index in [1.807, 2.05) is 75.4 Å². The molecule has 0 aliphatic carbocycles. The third-order valence-electron chi connectivity index (χ3n) is 4.53. The molecule has 2 amide bonds. The maximum Gasteiger partial charge on any atom is 0.242 e. The Balaban J connectivity index is 2.02. The molecule has 2 aromatic rings. The van der Waals surface area contributed by atoms with Crippen molar-refractivity contribution in [1.82, 2.24) is 10.2 Å². The van der Waals surface area contributed by atoms with Crippen LogP contribution in [0.4, 0.5) is 0 Å². The Labute approximate surface area is 189 Å². The normalized spacial score (nSPS) is 12.3. The van der Waals surface area contributed by atoms with E-state index < -0.39 is 6.04 Å². The van der Waals surface area contributed by atoms with Crippen molar-refractivity contribution in [3.8, 4) is 0 Å². The molecule has 30 heavy (non-hydrogen) atoms. The minimum Gasteiger partial charge on any atom is -0.350 e. The standard InChI is InChI=1S/C24H31ClN2O2S/c1-18(23(29)26-24(2,3)4)27(14-13-19-9-6-5-7-10-19)22(28)17-30-16-20-11-8-12-21(25)15-20/h5-12,15,18H,13-14,16-17H2,1-4H3,(H,26,29)/t18-/m1/s1. The molecule has 0 heterocycles. The highest BCUT2D eigenvalue weighted by Crippen LogP contribution is 2.18. The zero-order valence-corrected chi connectivity index (χ0v) is 19.7. The van der Waals surface area contributed by atoms with E-state index in [0.717, 1.165) is 11.1 Å². The summed E-state index contributed by atoms with van der Waals surface area (Å²) in [6.45, 7) is 8.11. The van der Waals surface area contributed by atoms with Crippen LogP contribution in [0.25, 0.3) is 0 Å². The van der Waals surface area contributed by atoms with Crippen molar-refractivity contribution in [2.75, 3.05) is 12.3 Å². The third kappa shape index (κ3) is 8.41. The van der Waals surface area contributed by atoms with Gasteiger partial charge in [0.05, 0.1) is 5.75 Å². The topological polar surface area (TPSA) is 49.4 Å². The van der Waals surface area contributed by atoms with Crippen molar-refractivity contribution in [2.24, 2.45) is 0 Å². The minimum atomic E-state index is -0.535. The number of carbonyl (C=O) groups excluding carboxylic acids is 2. The van der Waals surface area contributed by atoms with Gasteiger partial charge in [0.1, 0.15) is 6.04 Å². The largest absolute Gasteiger partial charge is 0.350 e. The fraction of sp³-hybridized carbons (Fsp3) is 0.417. The summed E-state index contributed by atoms with van der Waals surface area (Å²) in [6, 6.07) is 17.1. The predicted octanol–water partition coefficient (Wildman–Crippen LogP) is 4.95. The zero-order chi connectivity index (χ0) is 22.1. The molecule has 0 saturated carbocycles. The molecule has 2 rings (SSSR count). The van der Waals surface area contributed by atoms with Crippen LogP contribution in [-0.2, 0) is 21.8 Å². The molecule has 0 aromatic heterocycles. The maximum atomic E-state index is 13.0. The predicted molar refractivity (Wildman–Crippen MR) is 127 cm³/mol. The molecule has 4 nitrogen and oxygen atoms in total. The lowest BCUT2D eigenvalue weighted by atomic mass is 10.1. The van der Waals surface area contributed by atoms with E-state index >= 15 is 0 Å². The summed E-state index contributed by atoms with van der Waals surface area (Å²) in [5.74, 6) is 0.841. The molecule has 0 saturated heterocycles. The molecule has 0 spiro atoms. The monoisotopic (exact) mass is 446 g/mol. The molecule has 0 aliphatic heterocycles. The summed E-state index contributed by atoms with van der Waals surface area (Å²) in [7, 11) is 0. The molecule has 2 aromatic carbocycles. The molecule has 1 N–H and O–H groups in total. The van der Waals surface area contributed by atoms with E-state index in [-0.39, 0.29) is 17.4 Å². The van der Waals surface area contributed by atoms with Gasteiger partial charge in [-0.15, -0.1) is 11.8 Å². The first kappa shape index (κ1) is 24.3. The van der Waals surface area contributed by atoms with Crippen molar-refractivity contribution in [3.05, 3.63) is 70.7 Å². The van der Waals surface area contributed by atoms with Crippen LogP contribution < -0.4 is 5.32 Å². The Morgan fingerprint density at radius 3 is 2.37 bits per heavy atom. The van der Waals surface area contributed by atoms with Crippen molar-refractivity contribution in [1.29, 1.82) is 0 Å². The van der Waals surface area contributed by atoms with Crippen molar-refractivity contribution >= 4 is 35.2 Å². The highest BCUT2D eigenvalue weighted by molar-refractivity contribution is 7.99. The fourth-order valence-electron chi connectivity index (χ4n) is 3.01. The Hall–Kier alpha value is -1.98. The second-order valence-electron chi connectivity index (χ2n) is 8.36. The third-order valence-corrected chi connectivity index (χ3v) is 5.76. The van der Waals surface area contributed by atoms with E-state index in [1.165, 1.54) is 11.8 Å². The highest BCUT2D eigenvalue weighted by Gasteiger charge is 2.27. The molecule has 0 bridgehead atoms. The molecule has 0 unspecified atom stereocenters. The number of nitrogens with one attached hydrogen (secondary N) is 1. The number of hydrogen-bond acceptors (Lipinski definition) is 3. The smallest absolute Gasteiger partial charge is 0.242 e. The average Bonchev–Trinajstić information content (AvgIpc) is 2.67. The lowest BCUT2D eigenvalue weighted by Gasteiger charge is -2.31. The first-order chi connectivity index (χ1) is 14.2. The van der Waals surface area contributed by atoms with E-state index in [2.05, 4.69) is 5.32 Å². The molecule has 162 valence electrons. The number of hydrogen-bond donors (Lipinski definition) is 1. The Morgan fingerprint density at radius 2 is 1.73 bits per heavy atom. The van der Waals surface area contributed by atoms with Gasteiger partial charge in [-0.25, -0.2) is 0 Å². The van der Waals surface area contributed by atoms with Crippen LogP contribution in [0.2, 0.25) is 5.02 Å². The van der Waals surface area contributed by atoms with Crippen LogP contribution in [0.3, 0.4) is 0 Å². The molecule has 0 aliphatic rings. The number of amides is 2. The van der Waals surface area contributed by atoms with Gasteiger partial charge in [0, 0.05) is 22.9 Å². The Bertz CT molecular complexity index is 837. The highest BCUT2D eigenvalue weighted by atomic mass is 35.5. The Kier molecular flexibility index (Phi) is 9.25. The van der Waals surface area contributed by atoms with E-state index in [4.69, 9.17) is 11.6 Å². The summed E-state index contributed by atoms with van der Waals surface area (Å²) in [4.78, 5) is 27.4. The van der Waals surface area contributed by atoms with E-state index in [1.54, 1.807) is 11.8 Å². The summed E-state index contributed by atoms with van der Waals surface area (Å²) < 4.78 is 0. The number of halogens is 1. The van der Waals surface area contributed by atoms with Gasteiger partial charge in [-0.1, -0.05) is 54.1 Å². The summed E-state index contributed by atoms with van der Waals surface area (Å²) in [6.07, 6.45) is 0.707. The van der Waals surface area contributed by atoms with Crippen LogP contribution in [0.15, 0.2) is 54.6 Å². The molecular weight excluding hydrogens is 416 g/mol. The van der Waals surface area contributed by atoms with Crippen LogP contribution in [-0.4, -0.2) is 40.6 Å². The summed E-state index contributed by atoms with van der Waals surface area (Å²) in [5.41, 5.74) is 1.88. The SMILES string of the molecule is C[C@H](C(=O)NC(C)(C)C)N(CCc1ccccc1)C(=O)CSCc1cccc(Cl)c1. The zero-order valence-electron chi connectivity index (χ0n) is 18.2. The van der Waals surface area contributed by atoms with Gasteiger partial charge in [0.25, 0.3) is 0 Å². The average molecular weight is 447 g/mol. The van der Waals surface area contributed by atoms with Gasteiger partial charge < -0.3 is 10.2 Å². The number of rotatable bonds is 9. The number of carbonyl (C=O) groups is 2. The van der Waals surface area contributed by atoms with E-state index in [0.29, 0.717) is 29.5 Å². The minimum absolute atomic E-state index is 0.0329. The van der Waals surface area contributed by atoms with Gasteiger partial charge in [0.15, 0.2) is 0 Å². The van der Waals surface area contributed by atoms with Crippen LogP contribution in [0.5, 0.6) is 0 Å². The van der Waals surface area contributed by atoms with Crippen LogP contribution in [0, 0.1) is 0 Å². The van der Waals surface area contributed by atoms with Gasteiger partial charge >= 0.3 is 0 Å². The van der Waals surface area contributed by atoms with Crippen molar-refractivity contribution in [2.45, 2.75) is 51.4 Å². The molecule has 0 fully saturated rings. The van der Waals surface area contributed by atoms with Gasteiger partial charge in [-0.2, -0.15) is 0 Å². The van der Waals surface area contributed by atoms with Crippen molar-refractivity contribution < 1.29 is 9.59 Å². The first-order valence-corrected chi connectivity index (χ1v) is 11.7. The first-order valence-electron chi connectivity index (χ1n) is 10.1. The number of thioether (sulfide) groups is 1.